The van der Waals surface area contributed by atoms with E-state index in [0.29, 0.717) is 28.1 Å². The van der Waals surface area contributed by atoms with Crippen LogP contribution in [-0.4, -0.2) is 37.0 Å². The molecule has 2 heterocycles. The maximum Gasteiger partial charge on any atom is 0.226 e. The summed E-state index contributed by atoms with van der Waals surface area (Å²) in [5.74, 6) is 1.79. The first-order valence-electron chi connectivity index (χ1n) is 11.1. The number of rotatable bonds is 6. The van der Waals surface area contributed by atoms with Crippen LogP contribution in [0.5, 0.6) is 17.2 Å². The lowest BCUT2D eigenvalue weighted by molar-refractivity contribution is -0.116. The Morgan fingerprint density at radius 3 is 2.20 bits per heavy atom. The number of anilines is 1. The van der Waals surface area contributed by atoms with Crippen LogP contribution in [0.25, 0.3) is 16.9 Å². The van der Waals surface area contributed by atoms with Gasteiger partial charge in [0.25, 0.3) is 0 Å². The lowest BCUT2D eigenvalue weighted by atomic mass is 9.84. The second-order valence-corrected chi connectivity index (χ2v) is 8.57. The summed E-state index contributed by atoms with van der Waals surface area (Å²) >= 11 is 6.16. The summed E-state index contributed by atoms with van der Waals surface area (Å²) in [5, 5.41) is 8.66. The first-order valence-corrected chi connectivity index (χ1v) is 11.5. The predicted molar refractivity (Wildman–Crippen MR) is 135 cm³/mol. The number of halogens is 1. The van der Waals surface area contributed by atoms with Gasteiger partial charge in [0.1, 0.15) is 5.82 Å². The first-order chi connectivity index (χ1) is 17.0. The number of methoxy groups -OCH3 is 3. The van der Waals surface area contributed by atoms with Gasteiger partial charge in [0.05, 0.1) is 32.7 Å². The lowest BCUT2D eigenvalue weighted by Gasteiger charge is -2.26. The van der Waals surface area contributed by atoms with Gasteiger partial charge in [0.15, 0.2) is 11.5 Å². The number of ether oxygens (including phenoxy) is 3. The Labute approximate surface area is 208 Å². The lowest BCUT2D eigenvalue weighted by Crippen LogP contribution is -2.25. The molecule has 1 atom stereocenters. The fourth-order valence-electron chi connectivity index (χ4n) is 4.52. The highest BCUT2D eigenvalue weighted by molar-refractivity contribution is 6.30. The van der Waals surface area contributed by atoms with E-state index in [1.807, 2.05) is 66.7 Å². The molecule has 35 heavy (non-hydrogen) atoms. The van der Waals surface area contributed by atoms with Crippen LogP contribution >= 0.6 is 11.6 Å². The standard InChI is InChI=1S/C27H24ClN3O4/c1-33-21-13-17(14-22(34-2)26(21)35-3)20-15-23(32)29-27-24(20)25(16-9-11-18(28)12-10-16)30-31(27)19-7-5-4-6-8-19/h4-14,20H,15H2,1-3H3,(H,29,32)/t20-/m1/s1. The van der Waals surface area contributed by atoms with E-state index in [1.165, 1.54) is 0 Å². The van der Waals surface area contributed by atoms with Gasteiger partial charge in [-0.1, -0.05) is 41.9 Å². The predicted octanol–water partition coefficient (Wildman–Crippen LogP) is 5.69. The number of fused-ring (bicyclic) bond motifs is 1. The van der Waals surface area contributed by atoms with Gasteiger partial charge in [-0.15, -0.1) is 0 Å². The van der Waals surface area contributed by atoms with Gasteiger partial charge in [-0.3, -0.25) is 4.79 Å². The molecule has 4 aromatic rings. The van der Waals surface area contributed by atoms with Crippen molar-refractivity contribution in [3.8, 4) is 34.2 Å². The highest BCUT2D eigenvalue weighted by atomic mass is 35.5. The van der Waals surface area contributed by atoms with E-state index in [2.05, 4.69) is 5.32 Å². The third-order valence-electron chi connectivity index (χ3n) is 6.13. The average molecular weight is 490 g/mol. The summed E-state index contributed by atoms with van der Waals surface area (Å²) in [7, 11) is 4.72. The molecule has 3 aromatic carbocycles. The minimum absolute atomic E-state index is 0.101. The van der Waals surface area contributed by atoms with Crippen LogP contribution in [0.15, 0.2) is 66.7 Å². The van der Waals surface area contributed by atoms with Crippen molar-refractivity contribution in [2.24, 2.45) is 0 Å². The summed E-state index contributed by atoms with van der Waals surface area (Å²) in [5.41, 5.74) is 4.27. The normalized spacial score (nSPS) is 14.7. The second-order valence-electron chi connectivity index (χ2n) is 8.13. The number of carbonyl (C=O) groups is 1. The third-order valence-corrected chi connectivity index (χ3v) is 6.38. The molecule has 1 aliphatic rings. The van der Waals surface area contributed by atoms with Crippen LogP contribution < -0.4 is 19.5 Å². The number of carbonyl (C=O) groups excluding carboxylic acids is 1. The number of hydrogen-bond donors (Lipinski definition) is 1. The first kappa shape index (κ1) is 22.8. The van der Waals surface area contributed by atoms with Crippen molar-refractivity contribution in [1.29, 1.82) is 0 Å². The molecule has 5 rings (SSSR count). The maximum atomic E-state index is 13.0. The number of benzene rings is 3. The Kier molecular flexibility index (Phi) is 6.09. The Balaban J connectivity index is 1.77. The molecule has 0 fully saturated rings. The van der Waals surface area contributed by atoms with Gasteiger partial charge < -0.3 is 19.5 Å². The van der Waals surface area contributed by atoms with Crippen LogP contribution in [0.1, 0.15) is 23.5 Å². The molecule has 1 aliphatic heterocycles. The second kappa shape index (κ2) is 9.35. The molecule has 0 aliphatic carbocycles. The topological polar surface area (TPSA) is 74.6 Å². The zero-order chi connectivity index (χ0) is 24.5. The van der Waals surface area contributed by atoms with Gasteiger partial charge in [-0.05, 0) is 42.0 Å². The highest BCUT2D eigenvalue weighted by Gasteiger charge is 2.35. The Morgan fingerprint density at radius 1 is 0.943 bits per heavy atom. The van der Waals surface area contributed by atoms with Crippen molar-refractivity contribution in [3.05, 3.63) is 82.9 Å². The van der Waals surface area contributed by atoms with Crippen LogP contribution in [0.3, 0.4) is 0 Å². The number of nitrogens with one attached hydrogen (secondary N) is 1. The van der Waals surface area contributed by atoms with Crippen LogP contribution in [-0.2, 0) is 4.79 Å². The molecular weight excluding hydrogens is 466 g/mol. The molecule has 0 spiro atoms. The molecule has 1 aromatic heterocycles. The van der Waals surface area contributed by atoms with Crippen molar-refractivity contribution in [2.75, 3.05) is 26.6 Å². The summed E-state index contributed by atoms with van der Waals surface area (Å²) in [4.78, 5) is 13.0. The van der Waals surface area contributed by atoms with E-state index >= 15 is 0 Å². The maximum absolute atomic E-state index is 13.0. The highest BCUT2D eigenvalue weighted by Crippen LogP contribution is 2.47. The van der Waals surface area contributed by atoms with Gasteiger partial charge in [-0.2, -0.15) is 5.10 Å². The van der Waals surface area contributed by atoms with Crippen molar-refractivity contribution >= 4 is 23.3 Å². The zero-order valence-corrected chi connectivity index (χ0v) is 20.3. The van der Waals surface area contributed by atoms with Crippen molar-refractivity contribution < 1.29 is 19.0 Å². The summed E-state index contributed by atoms with van der Waals surface area (Å²) < 4.78 is 18.5. The van der Waals surface area contributed by atoms with Gasteiger partial charge in [0.2, 0.25) is 11.7 Å². The van der Waals surface area contributed by atoms with Crippen LogP contribution in [0, 0.1) is 0 Å². The quantitative estimate of drug-likeness (QED) is 0.376. The zero-order valence-electron chi connectivity index (χ0n) is 19.5. The van der Waals surface area contributed by atoms with Gasteiger partial charge in [-0.25, -0.2) is 4.68 Å². The van der Waals surface area contributed by atoms with Gasteiger partial charge >= 0.3 is 0 Å². The van der Waals surface area contributed by atoms with E-state index in [1.54, 1.807) is 26.0 Å². The van der Waals surface area contributed by atoms with E-state index in [0.717, 1.165) is 28.1 Å². The minimum atomic E-state index is -0.296. The molecule has 0 unspecified atom stereocenters. The van der Waals surface area contributed by atoms with Gasteiger partial charge in [0, 0.05) is 28.5 Å². The molecule has 0 saturated heterocycles. The van der Waals surface area contributed by atoms with Crippen molar-refractivity contribution in [1.82, 2.24) is 9.78 Å². The van der Waals surface area contributed by atoms with Crippen molar-refractivity contribution in [2.45, 2.75) is 12.3 Å². The third kappa shape index (κ3) is 4.08. The Bertz CT molecular complexity index is 1360. The molecule has 0 bridgehead atoms. The Hall–Kier alpha value is -3.97. The fraction of sp³-hybridized carbons (Fsp3) is 0.185. The molecule has 178 valence electrons. The number of aromatic nitrogens is 2. The van der Waals surface area contributed by atoms with Crippen LogP contribution in [0.4, 0.5) is 5.82 Å². The molecule has 8 heteroatoms. The molecule has 7 nitrogen and oxygen atoms in total. The SMILES string of the molecule is COc1cc([C@H]2CC(=O)Nc3c2c(-c2ccc(Cl)cc2)nn3-c2ccccc2)cc(OC)c1OC. The average Bonchev–Trinajstić information content (AvgIpc) is 3.27. The largest absolute Gasteiger partial charge is 0.493 e. The molecule has 1 amide bonds. The summed E-state index contributed by atoms with van der Waals surface area (Å²) in [6, 6.07) is 21.0. The molecule has 0 radical (unpaired) electrons. The van der Waals surface area contributed by atoms with E-state index in [4.69, 9.17) is 30.9 Å². The molecule has 0 saturated carbocycles. The van der Waals surface area contributed by atoms with E-state index < -0.39 is 0 Å². The summed E-state index contributed by atoms with van der Waals surface area (Å²) in [6.45, 7) is 0. The minimum Gasteiger partial charge on any atom is -0.493 e. The number of para-hydroxylation sites is 1. The van der Waals surface area contributed by atoms with E-state index in [-0.39, 0.29) is 18.2 Å². The van der Waals surface area contributed by atoms with E-state index in [9.17, 15) is 4.79 Å². The Morgan fingerprint density at radius 2 is 1.60 bits per heavy atom. The molecular formula is C27H24ClN3O4. The monoisotopic (exact) mass is 489 g/mol. The number of nitrogens with zero attached hydrogens (tertiary/aromatic N) is 2. The molecule has 1 N–H and O–H groups in total. The van der Waals surface area contributed by atoms with Crippen molar-refractivity contribution in [3.63, 3.8) is 0 Å². The fourth-order valence-corrected chi connectivity index (χ4v) is 4.64. The summed E-state index contributed by atoms with van der Waals surface area (Å²) in [6.07, 6.45) is 0.243. The van der Waals surface area contributed by atoms with Crippen LogP contribution in [0.2, 0.25) is 5.02 Å². The number of amides is 1. The smallest absolute Gasteiger partial charge is 0.226 e. The number of hydrogen-bond acceptors (Lipinski definition) is 5.